The molecule has 2 rings (SSSR count). The van der Waals surface area contributed by atoms with Crippen LogP contribution in [-0.2, 0) is 25.5 Å². The smallest absolute Gasteiger partial charge is 0.306 e. The molecule has 0 aromatic heterocycles. The van der Waals surface area contributed by atoms with Gasteiger partial charge in [0.1, 0.15) is 5.75 Å². The minimum atomic E-state index is -0.493. The molecule has 0 heterocycles. The Morgan fingerprint density at radius 2 is 1.53 bits per heavy atom. The van der Waals surface area contributed by atoms with Crippen molar-refractivity contribution in [1.29, 1.82) is 0 Å². The Morgan fingerprint density at radius 1 is 0.867 bits per heavy atom. The van der Waals surface area contributed by atoms with Crippen molar-refractivity contribution in [3.63, 3.8) is 0 Å². The Balaban J connectivity index is 1.60. The van der Waals surface area contributed by atoms with Crippen LogP contribution in [0.2, 0.25) is 0 Å². The van der Waals surface area contributed by atoms with E-state index in [0.717, 1.165) is 11.1 Å². The molecular formula is C23H28N2O5. The molecule has 0 saturated heterocycles. The SMILES string of the molecule is CC(C)c1ccccc1OCC(=O)NNC(=O)CCC(=O)OCCc1ccccc1. The maximum absolute atomic E-state index is 11.9. The number of carbonyl (C=O) groups excluding carboxylic acids is 3. The van der Waals surface area contributed by atoms with Gasteiger partial charge in [0.05, 0.1) is 13.0 Å². The Labute approximate surface area is 176 Å². The number of carbonyl (C=O) groups is 3. The van der Waals surface area contributed by atoms with Gasteiger partial charge < -0.3 is 9.47 Å². The molecular weight excluding hydrogens is 384 g/mol. The number of hydrogen-bond acceptors (Lipinski definition) is 5. The summed E-state index contributed by atoms with van der Waals surface area (Å²) in [6.07, 6.45) is 0.477. The minimum Gasteiger partial charge on any atom is -0.483 e. The largest absolute Gasteiger partial charge is 0.483 e. The van der Waals surface area contributed by atoms with Gasteiger partial charge in [-0.15, -0.1) is 0 Å². The van der Waals surface area contributed by atoms with Gasteiger partial charge in [0.2, 0.25) is 5.91 Å². The second-order valence-electron chi connectivity index (χ2n) is 7.03. The highest BCUT2D eigenvalue weighted by molar-refractivity contribution is 5.84. The third-order valence-corrected chi connectivity index (χ3v) is 4.29. The molecule has 0 atom stereocenters. The summed E-state index contributed by atoms with van der Waals surface area (Å²) in [7, 11) is 0. The number of rotatable bonds is 10. The third kappa shape index (κ3) is 8.34. The van der Waals surface area contributed by atoms with Crippen LogP contribution in [0.1, 0.15) is 43.7 Å². The van der Waals surface area contributed by atoms with Gasteiger partial charge in [-0.3, -0.25) is 25.2 Å². The summed E-state index contributed by atoms with van der Waals surface area (Å²) in [5, 5.41) is 0. The van der Waals surface area contributed by atoms with E-state index in [1.54, 1.807) is 6.07 Å². The molecule has 0 unspecified atom stereocenters. The highest BCUT2D eigenvalue weighted by Gasteiger charge is 2.11. The van der Waals surface area contributed by atoms with E-state index in [2.05, 4.69) is 10.9 Å². The van der Waals surface area contributed by atoms with Gasteiger partial charge in [-0.05, 0) is 23.1 Å². The van der Waals surface area contributed by atoms with E-state index in [1.807, 2.05) is 62.4 Å². The monoisotopic (exact) mass is 412 g/mol. The van der Waals surface area contributed by atoms with Crippen molar-refractivity contribution < 1.29 is 23.9 Å². The number of nitrogens with one attached hydrogen (secondary N) is 2. The number of amides is 2. The summed E-state index contributed by atoms with van der Waals surface area (Å²) in [4.78, 5) is 35.4. The Bertz CT molecular complexity index is 836. The fourth-order valence-corrected chi connectivity index (χ4v) is 2.69. The molecule has 0 bridgehead atoms. The first kappa shape index (κ1) is 22.9. The zero-order valence-electron chi connectivity index (χ0n) is 17.4. The van der Waals surface area contributed by atoms with E-state index in [9.17, 15) is 14.4 Å². The number of hydrogen-bond donors (Lipinski definition) is 2. The van der Waals surface area contributed by atoms with Crippen LogP contribution >= 0.6 is 0 Å². The van der Waals surface area contributed by atoms with Gasteiger partial charge in [0.25, 0.3) is 5.91 Å². The van der Waals surface area contributed by atoms with E-state index in [1.165, 1.54) is 0 Å². The molecule has 160 valence electrons. The van der Waals surface area contributed by atoms with Gasteiger partial charge in [-0.25, -0.2) is 0 Å². The molecule has 2 aromatic rings. The van der Waals surface area contributed by atoms with Gasteiger partial charge in [-0.2, -0.15) is 0 Å². The number of esters is 1. The molecule has 2 amide bonds. The summed E-state index contributed by atoms with van der Waals surface area (Å²) < 4.78 is 10.6. The highest BCUT2D eigenvalue weighted by Crippen LogP contribution is 2.25. The standard InChI is InChI=1S/C23H28N2O5/c1-17(2)19-10-6-7-11-20(19)30-16-22(27)25-24-21(26)12-13-23(28)29-15-14-18-8-4-3-5-9-18/h3-11,17H,12-16H2,1-2H3,(H,24,26)(H,25,27). The Kier molecular flexibility index (Phi) is 9.37. The maximum atomic E-state index is 11.9. The van der Waals surface area contributed by atoms with E-state index in [-0.39, 0.29) is 32.0 Å². The lowest BCUT2D eigenvalue weighted by molar-refractivity contribution is -0.145. The first-order valence-corrected chi connectivity index (χ1v) is 9.94. The van der Waals surface area contributed by atoms with Crippen LogP contribution in [0, 0.1) is 0 Å². The molecule has 30 heavy (non-hydrogen) atoms. The summed E-state index contributed by atoms with van der Waals surface area (Å²) in [6.45, 7) is 4.10. The number of benzene rings is 2. The van der Waals surface area contributed by atoms with Gasteiger partial charge in [-0.1, -0.05) is 62.4 Å². The molecule has 0 aliphatic rings. The van der Waals surface area contributed by atoms with Crippen molar-refractivity contribution in [2.24, 2.45) is 0 Å². The average molecular weight is 412 g/mol. The van der Waals surface area contributed by atoms with Crippen molar-refractivity contribution >= 4 is 17.8 Å². The average Bonchev–Trinajstić information content (AvgIpc) is 2.75. The van der Waals surface area contributed by atoms with E-state index in [0.29, 0.717) is 12.2 Å². The van der Waals surface area contributed by atoms with Crippen LogP contribution in [0.15, 0.2) is 54.6 Å². The lowest BCUT2D eigenvalue weighted by Gasteiger charge is -2.14. The van der Waals surface area contributed by atoms with Crippen molar-refractivity contribution in [2.75, 3.05) is 13.2 Å². The van der Waals surface area contributed by atoms with Gasteiger partial charge in [0, 0.05) is 12.8 Å². The lowest BCUT2D eigenvalue weighted by Crippen LogP contribution is -2.43. The van der Waals surface area contributed by atoms with Crippen LogP contribution in [0.5, 0.6) is 5.75 Å². The maximum Gasteiger partial charge on any atom is 0.306 e. The molecule has 0 aliphatic carbocycles. The quantitative estimate of drug-likeness (QED) is 0.462. The first-order valence-electron chi connectivity index (χ1n) is 9.94. The van der Waals surface area contributed by atoms with E-state index >= 15 is 0 Å². The highest BCUT2D eigenvalue weighted by atomic mass is 16.5. The summed E-state index contributed by atoms with van der Waals surface area (Å²) >= 11 is 0. The number of ether oxygens (including phenoxy) is 2. The zero-order valence-corrected chi connectivity index (χ0v) is 17.4. The lowest BCUT2D eigenvalue weighted by atomic mass is 10.0. The first-order chi connectivity index (χ1) is 14.5. The molecule has 0 aliphatic heterocycles. The van der Waals surface area contributed by atoms with Crippen molar-refractivity contribution in [3.8, 4) is 5.75 Å². The zero-order chi connectivity index (χ0) is 21.8. The summed E-state index contributed by atoms with van der Waals surface area (Å²) in [5.41, 5.74) is 6.61. The third-order valence-electron chi connectivity index (χ3n) is 4.29. The minimum absolute atomic E-state index is 0.0608. The fourth-order valence-electron chi connectivity index (χ4n) is 2.69. The number of para-hydroxylation sites is 1. The predicted octanol–water partition coefficient (Wildman–Crippen LogP) is 2.90. The predicted molar refractivity (Wildman–Crippen MR) is 113 cm³/mol. The molecule has 2 aromatic carbocycles. The van der Waals surface area contributed by atoms with Gasteiger partial charge in [0.15, 0.2) is 6.61 Å². The van der Waals surface area contributed by atoms with Crippen molar-refractivity contribution in [2.45, 2.75) is 39.0 Å². The van der Waals surface area contributed by atoms with Crippen LogP contribution in [0.25, 0.3) is 0 Å². The van der Waals surface area contributed by atoms with Gasteiger partial charge >= 0.3 is 5.97 Å². The van der Waals surface area contributed by atoms with Crippen LogP contribution in [0.4, 0.5) is 0 Å². The molecule has 7 heteroatoms. The Hall–Kier alpha value is -3.35. The number of hydrazine groups is 1. The molecule has 0 fully saturated rings. The van der Waals surface area contributed by atoms with Crippen LogP contribution in [0.3, 0.4) is 0 Å². The van der Waals surface area contributed by atoms with E-state index in [4.69, 9.17) is 9.47 Å². The molecule has 0 radical (unpaired) electrons. The molecule has 0 spiro atoms. The van der Waals surface area contributed by atoms with Crippen LogP contribution in [-0.4, -0.2) is 31.0 Å². The topological polar surface area (TPSA) is 93.7 Å². The second kappa shape index (κ2) is 12.3. The second-order valence-corrected chi connectivity index (χ2v) is 7.03. The van der Waals surface area contributed by atoms with E-state index < -0.39 is 17.8 Å². The van der Waals surface area contributed by atoms with Crippen LogP contribution < -0.4 is 15.6 Å². The normalized spacial score (nSPS) is 10.4. The summed E-state index contributed by atoms with van der Waals surface area (Å²) in [5.74, 6) is -0.539. The summed E-state index contributed by atoms with van der Waals surface area (Å²) in [6, 6.07) is 17.2. The molecule has 7 nitrogen and oxygen atoms in total. The fraction of sp³-hybridized carbons (Fsp3) is 0.348. The Morgan fingerprint density at radius 3 is 2.27 bits per heavy atom. The molecule has 0 saturated carbocycles. The molecule has 2 N–H and O–H groups in total. The van der Waals surface area contributed by atoms with Crippen molar-refractivity contribution in [3.05, 3.63) is 65.7 Å². The van der Waals surface area contributed by atoms with Crippen molar-refractivity contribution in [1.82, 2.24) is 10.9 Å².